The Balaban J connectivity index is 1.88. The zero-order chi connectivity index (χ0) is 20.3. The molecule has 9 heteroatoms. The van der Waals surface area contributed by atoms with Crippen LogP contribution in [0.1, 0.15) is 10.6 Å². The number of thiazole rings is 1. The Kier molecular flexibility index (Phi) is 5.68. The number of aromatic nitrogens is 1. The van der Waals surface area contributed by atoms with Crippen LogP contribution >= 0.6 is 22.9 Å². The lowest BCUT2D eigenvalue weighted by atomic mass is 10.1. The van der Waals surface area contributed by atoms with Crippen molar-refractivity contribution in [3.05, 3.63) is 75.5 Å². The molecule has 1 N–H and O–H groups in total. The van der Waals surface area contributed by atoms with E-state index in [1.165, 1.54) is 24.3 Å². The van der Waals surface area contributed by atoms with Gasteiger partial charge in [0.05, 0.1) is 16.9 Å². The number of rotatable bonds is 4. The van der Waals surface area contributed by atoms with Gasteiger partial charge in [-0.2, -0.15) is 18.4 Å². The van der Waals surface area contributed by atoms with E-state index in [1.807, 2.05) is 6.07 Å². The first-order chi connectivity index (χ1) is 13.3. The fourth-order valence-corrected chi connectivity index (χ4v) is 3.29. The van der Waals surface area contributed by atoms with Crippen LogP contribution in [0.3, 0.4) is 0 Å². The predicted molar refractivity (Wildman–Crippen MR) is 101 cm³/mol. The molecule has 3 nitrogen and oxygen atoms in total. The minimum Gasteiger partial charge on any atom is -0.360 e. The van der Waals surface area contributed by atoms with Crippen LogP contribution in [0.4, 0.5) is 23.2 Å². The molecule has 3 aromatic rings. The number of anilines is 1. The van der Waals surface area contributed by atoms with Crippen molar-refractivity contribution in [2.24, 2.45) is 0 Å². The first kappa shape index (κ1) is 19.9. The van der Waals surface area contributed by atoms with Gasteiger partial charge in [-0.3, -0.25) is 0 Å². The van der Waals surface area contributed by atoms with Gasteiger partial charge in [0.1, 0.15) is 22.5 Å². The van der Waals surface area contributed by atoms with E-state index >= 15 is 0 Å². The highest BCUT2D eigenvalue weighted by molar-refractivity contribution is 7.11. The second-order valence-corrected chi connectivity index (χ2v) is 6.84. The van der Waals surface area contributed by atoms with Crippen LogP contribution in [-0.2, 0) is 6.18 Å². The van der Waals surface area contributed by atoms with Crippen molar-refractivity contribution in [2.75, 3.05) is 5.32 Å². The lowest BCUT2D eigenvalue weighted by Crippen LogP contribution is -2.08. The first-order valence-corrected chi connectivity index (χ1v) is 8.99. The summed E-state index contributed by atoms with van der Waals surface area (Å²) in [7, 11) is 0. The molecular formula is C19H10ClF4N3S. The molecule has 0 unspecified atom stereocenters. The minimum atomic E-state index is -4.61. The van der Waals surface area contributed by atoms with Crippen molar-refractivity contribution in [3.63, 3.8) is 0 Å². The van der Waals surface area contributed by atoms with E-state index in [4.69, 9.17) is 11.6 Å². The van der Waals surface area contributed by atoms with Crippen molar-refractivity contribution in [3.8, 4) is 17.3 Å². The highest BCUT2D eigenvalue weighted by Gasteiger charge is 2.33. The number of hydrogen-bond acceptors (Lipinski definition) is 4. The summed E-state index contributed by atoms with van der Waals surface area (Å²) in [5.41, 5.74) is 0.0657. The van der Waals surface area contributed by atoms with E-state index in [0.717, 1.165) is 23.6 Å². The van der Waals surface area contributed by atoms with Crippen molar-refractivity contribution >= 4 is 34.2 Å². The van der Waals surface area contributed by atoms with E-state index in [1.54, 1.807) is 17.5 Å². The molecule has 1 heterocycles. The molecule has 0 aliphatic heterocycles. The predicted octanol–water partition coefficient (Wildman–Crippen LogP) is 6.60. The topological polar surface area (TPSA) is 48.7 Å². The molecule has 0 fully saturated rings. The molecule has 0 saturated heterocycles. The molecule has 0 saturated carbocycles. The van der Waals surface area contributed by atoms with Crippen molar-refractivity contribution in [1.29, 1.82) is 5.26 Å². The first-order valence-electron chi connectivity index (χ1n) is 7.73. The average Bonchev–Trinajstić information content (AvgIpc) is 3.13. The summed E-state index contributed by atoms with van der Waals surface area (Å²) in [6.45, 7) is 0. The molecule has 0 aliphatic carbocycles. The molecule has 142 valence electrons. The van der Waals surface area contributed by atoms with Crippen LogP contribution < -0.4 is 5.32 Å². The third-order valence-corrected chi connectivity index (χ3v) is 4.76. The van der Waals surface area contributed by atoms with Gasteiger partial charge in [0.15, 0.2) is 0 Å². The molecule has 0 bridgehead atoms. The summed E-state index contributed by atoms with van der Waals surface area (Å²) in [4.78, 5) is 4.30. The van der Waals surface area contributed by atoms with Gasteiger partial charge in [-0.25, -0.2) is 9.37 Å². The van der Waals surface area contributed by atoms with Crippen molar-refractivity contribution < 1.29 is 17.6 Å². The third-order valence-electron chi connectivity index (χ3n) is 3.65. The van der Waals surface area contributed by atoms with Crippen LogP contribution in [0, 0.1) is 17.1 Å². The third kappa shape index (κ3) is 4.50. The average molecular weight is 424 g/mol. The fourth-order valence-electron chi connectivity index (χ4n) is 2.32. The van der Waals surface area contributed by atoms with Gasteiger partial charge in [0.25, 0.3) is 0 Å². The summed E-state index contributed by atoms with van der Waals surface area (Å²) in [6.07, 6.45) is -3.45. The van der Waals surface area contributed by atoms with Gasteiger partial charge in [0.2, 0.25) is 0 Å². The number of halogens is 5. The van der Waals surface area contributed by atoms with Crippen molar-refractivity contribution in [2.45, 2.75) is 6.18 Å². The summed E-state index contributed by atoms with van der Waals surface area (Å²) >= 11 is 6.80. The Labute approximate surface area is 166 Å². The molecule has 0 radical (unpaired) electrons. The fraction of sp³-hybridized carbons (Fsp3) is 0.0526. The van der Waals surface area contributed by atoms with E-state index in [-0.39, 0.29) is 22.1 Å². The van der Waals surface area contributed by atoms with Gasteiger partial charge >= 0.3 is 6.18 Å². The second-order valence-electron chi connectivity index (χ2n) is 5.55. The molecule has 0 atom stereocenters. The maximum atomic E-state index is 13.2. The van der Waals surface area contributed by atoms with E-state index in [9.17, 15) is 22.8 Å². The van der Waals surface area contributed by atoms with Crippen LogP contribution in [0.15, 0.2) is 54.0 Å². The zero-order valence-electron chi connectivity index (χ0n) is 13.9. The summed E-state index contributed by atoms with van der Waals surface area (Å²) in [6, 6.07) is 10.9. The standard InChI is InChI=1S/C19H10ClF4N3S/c20-13-3-6-16(15(7-13)19(22,23)24)26-9-12(8-25)18-27-17(10-28-18)11-1-4-14(21)5-2-11/h1-7,9-10,26H/b12-9+. The lowest BCUT2D eigenvalue weighted by molar-refractivity contribution is -0.136. The molecule has 28 heavy (non-hydrogen) atoms. The number of hydrogen-bond donors (Lipinski definition) is 1. The van der Waals surface area contributed by atoms with E-state index in [0.29, 0.717) is 16.3 Å². The highest BCUT2D eigenvalue weighted by atomic mass is 35.5. The smallest absolute Gasteiger partial charge is 0.360 e. The lowest BCUT2D eigenvalue weighted by Gasteiger charge is -2.13. The zero-order valence-corrected chi connectivity index (χ0v) is 15.5. The molecule has 1 aromatic heterocycles. The normalized spacial score (nSPS) is 11.9. The monoisotopic (exact) mass is 423 g/mol. The van der Waals surface area contributed by atoms with Crippen LogP contribution in [-0.4, -0.2) is 4.98 Å². The maximum Gasteiger partial charge on any atom is 0.418 e. The molecule has 3 rings (SSSR count). The van der Waals surface area contributed by atoms with Gasteiger partial charge in [-0.05, 0) is 42.5 Å². The largest absolute Gasteiger partial charge is 0.418 e. The minimum absolute atomic E-state index is 0.0498. The number of nitrogens with one attached hydrogen (secondary N) is 1. The molecule has 0 aliphatic rings. The second kappa shape index (κ2) is 8.00. The van der Waals surface area contributed by atoms with E-state index in [2.05, 4.69) is 10.3 Å². The Morgan fingerprint density at radius 1 is 1.18 bits per heavy atom. The maximum absolute atomic E-state index is 13.2. The van der Waals surface area contributed by atoms with E-state index < -0.39 is 11.7 Å². The van der Waals surface area contributed by atoms with Crippen LogP contribution in [0.5, 0.6) is 0 Å². The van der Waals surface area contributed by atoms with Gasteiger partial charge in [0, 0.05) is 22.2 Å². The number of benzene rings is 2. The Hall–Kier alpha value is -2.89. The van der Waals surface area contributed by atoms with Crippen LogP contribution in [0.25, 0.3) is 16.8 Å². The van der Waals surface area contributed by atoms with Crippen LogP contribution in [0.2, 0.25) is 5.02 Å². The SMILES string of the molecule is N#C/C(=C\Nc1ccc(Cl)cc1C(F)(F)F)c1nc(-c2ccc(F)cc2)cs1. The van der Waals surface area contributed by atoms with Gasteiger partial charge < -0.3 is 5.32 Å². The molecule has 2 aromatic carbocycles. The molecule has 0 spiro atoms. The highest BCUT2D eigenvalue weighted by Crippen LogP contribution is 2.37. The number of nitrogens with zero attached hydrogens (tertiary/aromatic N) is 2. The summed E-state index contributed by atoms with van der Waals surface area (Å²) in [5.74, 6) is -0.385. The Bertz CT molecular complexity index is 1070. The number of allylic oxidation sites excluding steroid dienone is 1. The van der Waals surface area contributed by atoms with Gasteiger partial charge in [-0.1, -0.05) is 11.6 Å². The Morgan fingerprint density at radius 3 is 2.54 bits per heavy atom. The molecule has 0 amide bonds. The summed E-state index contributed by atoms with van der Waals surface area (Å²) < 4.78 is 52.5. The Morgan fingerprint density at radius 2 is 1.89 bits per heavy atom. The quantitative estimate of drug-likeness (QED) is 0.380. The van der Waals surface area contributed by atoms with Gasteiger partial charge in [-0.15, -0.1) is 11.3 Å². The molecular weight excluding hydrogens is 414 g/mol. The number of alkyl halides is 3. The van der Waals surface area contributed by atoms with Crippen molar-refractivity contribution in [1.82, 2.24) is 4.98 Å². The number of nitriles is 1. The summed E-state index contributed by atoms with van der Waals surface area (Å²) in [5, 5.41) is 13.8.